The highest BCUT2D eigenvalue weighted by Gasteiger charge is 2.40. The van der Waals surface area contributed by atoms with Crippen molar-refractivity contribution in [1.29, 1.82) is 0 Å². The first-order valence-electron chi connectivity index (χ1n) is 8.83. The Morgan fingerprint density at radius 2 is 2.30 bits per heavy atom. The van der Waals surface area contributed by atoms with Gasteiger partial charge in [0.25, 0.3) is 0 Å². The van der Waals surface area contributed by atoms with Crippen molar-refractivity contribution in [3.05, 3.63) is 46.5 Å². The fraction of sp³-hybridized carbons (Fsp3) is 0.471. The van der Waals surface area contributed by atoms with Crippen molar-refractivity contribution in [3.8, 4) is 5.75 Å². The largest absolute Gasteiger partial charge is 0.570 e. The van der Waals surface area contributed by atoms with Crippen molar-refractivity contribution in [3.63, 3.8) is 0 Å². The van der Waals surface area contributed by atoms with Crippen LogP contribution >= 0.6 is 0 Å². The van der Waals surface area contributed by atoms with E-state index in [-0.39, 0.29) is 17.4 Å². The van der Waals surface area contributed by atoms with E-state index < -0.39 is 25.1 Å². The van der Waals surface area contributed by atoms with Gasteiger partial charge in [-0.15, -0.1) is 0 Å². The van der Waals surface area contributed by atoms with Crippen LogP contribution in [0.2, 0.25) is 0 Å². The summed E-state index contributed by atoms with van der Waals surface area (Å²) in [7, 11) is -1.06. The van der Waals surface area contributed by atoms with Gasteiger partial charge in [-0.3, -0.25) is 4.90 Å². The second-order valence-corrected chi connectivity index (χ2v) is 7.03. The SMILES string of the molecule is C=C(CN1CCC(O)C(N)C1)NC1Cc2cccc(C(=O)O)c2OB1N=O. The van der Waals surface area contributed by atoms with Crippen molar-refractivity contribution in [2.45, 2.75) is 30.9 Å². The van der Waals surface area contributed by atoms with Crippen LogP contribution in [0.5, 0.6) is 5.75 Å². The number of fused-ring (bicyclic) bond motifs is 1. The summed E-state index contributed by atoms with van der Waals surface area (Å²) < 4.78 is 5.58. The zero-order valence-electron chi connectivity index (χ0n) is 14.9. The van der Waals surface area contributed by atoms with Gasteiger partial charge in [0.05, 0.1) is 17.6 Å². The van der Waals surface area contributed by atoms with Crippen LogP contribution in [0.15, 0.2) is 35.6 Å². The lowest BCUT2D eigenvalue weighted by atomic mass is 9.68. The lowest BCUT2D eigenvalue weighted by Crippen LogP contribution is -2.54. The highest BCUT2D eigenvalue weighted by molar-refractivity contribution is 6.53. The summed E-state index contributed by atoms with van der Waals surface area (Å²) in [4.78, 5) is 24.7. The van der Waals surface area contributed by atoms with Gasteiger partial charge in [0, 0.05) is 31.4 Å². The molecule has 2 heterocycles. The molecule has 0 amide bonds. The van der Waals surface area contributed by atoms with Crippen LogP contribution in [-0.4, -0.2) is 65.9 Å². The minimum absolute atomic E-state index is 0.0132. The standard InChI is InChI=1S/C17H23BN4O5/c1-10(8-22-6-5-14(23)13(19)9-22)20-15-7-11-3-2-4-12(17(24)25)16(11)27-18(15)21-26/h2-4,13-15,20,23H,1,5-9,19H2,(H,24,25). The average molecular weight is 374 g/mol. The summed E-state index contributed by atoms with van der Waals surface area (Å²) in [6.07, 6.45) is 0.507. The third-order valence-electron chi connectivity index (χ3n) is 4.96. The lowest BCUT2D eigenvalue weighted by Gasteiger charge is -2.35. The number of nitrogens with zero attached hydrogens (tertiary/aromatic N) is 2. The lowest BCUT2D eigenvalue weighted by molar-refractivity contribution is 0.0658. The summed E-state index contributed by atoms with van der Waals surface area (Å²) in [5.74, 6) is -1.37. The van der Waals surface area contributed by atoms with Crippen LogP contribution < -0.4 is 15.7 Å². The first-order chi connectivity index (χ1) is 12.9. The molecule has 9 nitrogen and oxygen atoms in total. The fourth-order valence-corrected chi connectivity index (χ4v) is 3.57. The molecule has 2 aliphatic rings. The molecule has 144 valence electrons. The number of carboxylic acids is 1. The van der Waals surface area contributed by atoms with E-state index in [1.165, 1.54) is 6.07 Å². The van der Waals surface area contributed by atoms with Gasteiger partial charge in [-0.25, -0.2) is 4.79 Å². The van der Waals surface area contributed by atoms with Crippen LogP contribution in [0.25, 0.3) is 0 Å². The smallest absolute Gasteiger partial charge is 0.536 e. The molecule has 1 saturated heterocycles. The number of carboxylic acid groups (broad SMARTS) is 1. The average Bonchev–Trinajstić information content (AvgIpc) is 2.63. The highest BCUT2D eigenvalue weighted by Crippen LogP contribution is 2.31. The summed E-state index contributed by atoms with van der Waals surface area (Å²) in [5.41, 5.74) is 7.29. The van der Waals surface area contributed by atoms with E-state index in [1.54, 1.807) is 12.1 Å². The quantitative estimate of drug-likeness (QED) is 0.403. The van der Waals surface area contributed by atoms with E-state index >= 15 is 0 Å². The number of aromatic carboxylic acids is 1. The van der Waals surface area contributed by atoms with Crippen molar-refractivity contribution >= 4 is 13.0 Å². The van der Waals surface area contributed by atoms with Gasteiger partial charge in [-0.2, -0.15) is 4.91 Å². The van der Waals surface area contributed by atoms with Gasteiger partial charge in [0.2, 0.25) is 0 Å². The normalized spacial score (nSPS) is 25.3. The number of hydrogen-bond acceptors (Lipinski definition) is 8. The van der Waals surface area contributed by atoms with Crippen LogP contribution in [-0.2, 0) is 6.42 Å². The number of likely N-dealkylation sites (tertiary alicyclic amines) is 1. The molecule has 27 heavy (non-hydrogen) atoms. The topological polar surface area (TPSA) is 137 Å². The number of nitrogens with two attached hydrogens (primary N) is 1. The fourth-order valence-electron chi connectivity index (χ4n) is 3.57. The number of aliphatic hydroxyl groups excluding tert-OH is 1. The molecule has 5 N–H and O–H groups in total. The molecular formula is C17H23BN4O5. The van der Waals surface area contributed by atoms with Crippen molar-refractivity contribution in [2.24, 2.45) is 10.8 Å². The van der Waals surface area contributed by atoms with Gasteiger partial charge >= 0.3 is 13.0 Å². The molecule has 10 heteroatoms. The van der Waals surface area contributed by atoms with E-state index in [1.807, 2.05) is 0 Å². The molecule has 1 aromatic rings. The molecule has 1 fully saturated rings. The molecule has 0 aromatic heterocycles. The van der Waals surface area contributed by atoms with Gasteiger partial charge < -0.3 is 25.9 Å². The Morgan fingerprint density at radius 3 is 2.96 bits per heavy atom. The number of carbonyl (C=O) groups is 1. The molecule has 3 atom stereocenters. The van der Waals surface area contributed by atoms with Gasteiger partial charge in [0.1, 0.15) is 5.75 Å². The van der Waals surface area contributed by atoms with Crippen LogP contribution in [0, 0.1) is 4.91 Å². The zero-order valence-corrected chi connectivity index (χ0v) is 14.9. The van der Waals surface area contributed by atoms with Gasteiger partial charge in [-0.1, -0.05) is 23.8 Å². The Kier molecular flexibility index (Phi) is 5.78. The maximum atomic E-state index is 11.3. The van der Waals surface area contributed by atoms with E-state index in [0.29, 0.717) is 43.7 Å². The molecule has 0 saturated carbocycles. The Hall–Kier alpha value is -2.43. The molecule has 3 rings (SSSR count). The number of nitroso groups, excluding NO2 is 1. The molecule has 0 aliphatic carbocycles. The van der Waals surface area contributed by atoms with E-state index in [0.717, 1.165) is 0 Å². The second-order valence-electron chi connectivity index (χ2n) is 7.03. The number of hydrogen-bond donors (Lipinski definition) is 4. The predicted molar refractivity (Wildman–Crippen MR) is 100 cm³/mol. The van der Waals surface area contributed by atoms with Gasteiger partial charge in [0.15, 0.2) is 0 Å². The number of aliphatic hydroxyl groups is 1. The van der Waals surface area contributed by atoms with E-state index in [9.17, 15) is 19.9 Å². The van der Waals surface area contributed by atoms with Crippen LogP contribution in [0.3, 0.4) is 0 Å². The number of benzene rings is 1. The number of rotatable bonds is 6. The Bertz CT molecular complexity index is 746. The van der Waals surface area contributed by atoms with Crippen LogP contribution in [0.4, 0.5) is 0 Å². The van der Waals surface area contributed by atoms with Crippen molar-refractivity contribution in [1.82, 2.24) is 10.2 Å². The molecule has 0 spiro atoms. The molecule has 0 bridgehead atoms. The maximum Gasteiger partial charge on any atom is 0.570 e. The second kappa shape index (κ2) is 8.07. The minimum atomic E-state index is -1.11. The first-order valence-corrected chi connectivity index (χ1v) is 8.83. The molecule has 2 aliphatic heterocycles. The molecule has 0 radical (unpaired) electrons. The molecular weight excluding hydrogens is 351 g/mol. The monoisotopic (exact) mass is 374 g/mol. The summed E-state index contributed by atoms with van der Waals surface area (Å²) in [6.45, 7) is 5.79. The van der Waals surface area contributed by atoms with Crippen molar-refractivity contribution in [2.75, 3.05) is 19.6 Å². The highest BCUT2D eigenvalue weighted by atomic mass is 16.5. The Morgan fingerprint density at radius 1 is 1.52 bits per heavy atom. The number of nitrogens with one attached hydrogen (secondary N) is 1. The summed E-state index contributed by atoms with van der Waals surface area (Å²) in [5, 5.41) is 25.2. The summed E-state index contributed by atoms with van der Waals surface area (Å²) in [6, 6.07) is 4.55. The zero-order chi connectivity index (χ0) is 19.6. The summed E-state index contributed by atoms with van der Waals surface area (Å²) >= 11 is 0. The minimum Gasteiger partial charge on any atom is -0.536 e. The number of para-hydroxylation sites is 1. The molecule has 3 unspecified atom stereocenters. The predicted octanol–water partition coefficient (Wildman–Crippen LogP) is -0.0207. The van der Waals surface area contributed by atoms with Crippen LogP contribution in [0.1, 0.15) is 22.3 Å². The maximum absolute atomic E-state index is 11.3. The third kappa shape index (κ3) is 4.29. The Balaban J connectivity index is 1.66. The van der Waals surface area contributed by atoms with Crippen molar-refractivity contribution < 1.29 is 19.7 Å². The Labute approximate surface area is 157 Å². The van der Waals surface area contributed by atoms with E-state index in [2.05, 4.69) is 21.9 Å². The molecule has 1 aromatic carbocycles. The number of piperidine rings is 1. The van der Waals surface area contributed by atoms with Gasteiger partial charge in [-0.05, 0) is 24.5 Å². The third-order valence-corrected chi connectivity index (χ3v) is 4.96. The van der Waals surface area contributed by atoms with E-state index in [4.69, 9.17) is 10.4 Å². The first kappa shape index (κ1) is 19.3.